The number of hydrogen-bond acceptors (Lipinski definition) is 1. The van der Waals surface area contributed by atoms with Crippen LogP contribution in [-0.2, 0) is 0 Å². The van der Waals surface area contributed by atoms with Crippen molar-refractivity contribution in [3.05, 3.63) is 34.6 Å². The van der Waals surface area contributed by atoms with E-state index in [1.807, 2.05) is 0 Å². The monoisotopic (exact) mass is 176 g/mol. The van der Waals surface area contributed by atoms with Crippen LogP contribution >= 0.6 is 11.6 Å². The molecule has 0 saturated heterocycles. The van der Waals surface area contributed by atoms with E-state index in [0.717, 1.165) is 7.11 Å². The fourth-order valence-electron chi connectivity index (χ4n) is 0.612. The van der Waals surface area contributed by atoms with E-state index in [4.69, 9.17) is 16.7 Å². The lowest BCUT2D eigenvalue weighted by Gasteiger charge is -1.94. The van der Waals surface area contributed by atoms with Crippen LogP contribution in [0.2, 0.25) is 5.02 Å². The van der Waals surface area contributed by atoms with Gasteiger partial charge in [-0.05, 0) is 18.6 Å². The van der Waals surface area contributed by atoms with Gasteiger partial charge in [0.05, 0.1) is 5.02 Å². The second kappa shape index (κ2) is 5.10. The summed E-state index contributed by atoms with van der Waals surface area (Å²) in [7, 11) is 1.00. The predicted octanol–water partition coefficient (Wildman–Crippen LogP) is 2.40. The SMILES string of the molecule is CO.Cc1cccc(Cl)c1F. The van der Waals surface area contributed by atoms with Gasteiger partial charge < -0.3 is 5.11 Å². The summed E-state index contributed by atoms with van der Waals surface area (Å²) >= 11 is 5.44. The molecule has 0 saturated carbocycles. The van der Waals surface area contributed by atoms with E-state index in [2.05, 4.69) is 0 Å². The lowest BCUT2D eigenvalue weighted by Crippen LogP contribution is -1.80. The molecule has 3 heteroatoms. The van der Waals surface area contributed by atoms with Gasteiger partial charge in [0, 0.05) is 7.11 Å². The van der Waals surface area contributed by atoms with Gasteiger partial charge in [-0.25, -0.2) is 4.39 Å². The van der Waals surface area contributed by atoms with Crippen LogP contribution in [0.5, 0.6) is 0 Å². The first-order chi connectivity index (χ1) is 5.22. The van der Waals surface area contributed by atoms with Crippen molar-refractivity contribution in [2.75, 3.05) is 7.11 Å². The Morgan fingerprint density at radius 3 is 2.27 bits per heavy atom. The van der Waals surface area contributed by atoms with Gasteiger partial charge in [-0.1, -0.05) is 23.7 Å². The Hall–Kier alpha value is -0.600. The van der Waals surface area contributed by atoms with Crippen molar-refractivity contribution in [2.24, 2.45) is 0 Å². The molecule has 1 rings (SSSR count). The number of benzene rings is 1. The molecule has 0 spiro atoms. The molecule has 0 aliphatic carbocycles. The molecule has 0 atom stereocenters. The standard InChI is InChI=1S/C7H6ClF.CH4O/c1-5-3-2-4-6(8)7(5)9;1-2/h2-4H,1H3;2H,1H3. The molecule has 0 unspecified atom stereocenters. The summed E-state index contributed by atoms with van der Waals surface area (Å²) in [6, 6.07) is 4.94. The van der Waals surface area contributed by atoms with Crippen molar-refractivity contribution in [2.45, 2.75) is 6.92 Å². The highest BCUT2D eigenvalue weighted by atomic mass is 35.5. The normalized spacial score (nSPS) is 8.45. The Kier molecular flexibility index (Phi) is 4.83. The Morgan fingerprint density at radius 1 is 1.36 bits per heavy atom. The molecule has 62 valence electrons. The molecular formula is C8H10ClFO. The maximum absolute atomic E-state index is 12.6. The number of hydrogen-bond donors (Lipinski definition) is 1. The van der Waals surface area contributed by atoms with Crippen molar-refractivity contribution in [3.8, 4) is 0 Å². The van der Waals surface area contributed by atoms with E-state index in [1.54, 1.807) is 19.1 Å². The molecule has 1 aromatic carbocycles. The van der Waals surface area contributed by atoms with E-state index < -0.39 is 0 Å². The zero-order valence-corrected chi connectivity index (χ0v) is 7.19. The minimum absolute atomic E-state index is 0.190. The van der Waals surface area contributed by atoms with Gasteiger partial charge in [0.1, 0.15) is 5.82 Å². The second-order valence-corrected chi connectivity index (χ2v) is 2.28. The minimum Gasteiger partial charge on any atom is -0.400 e. The summed E-state index contributed by atoms with van der Waals surface area (Å²) < 4.78 is 12.6. The lowest BCUT2D eigenvalue weighted by atomic mass is 10.2. The first-order valence-electron chi connectivity index (χ1n) is 3.07. The quantitative estimate of drug-likeness (QED) is 0.644. The smallest absolute Gasteiger partial charge is 0.144 e. The minimum atomic E-state index is -0.320. The number of aryl methyl sites for hydroxylation is 1. The molecule has 1 aromatic rings. The van der Waals surface area contributed by atoms with Crippen LogP contribution in [0.3, 0.4) is 0 Å². The van der Waals surface area contributed by atoms with Crippen LogP contribution < -0.4 is 0 Å². The fraction of sp³-hybridized carbons (Fsp3) is 0.250. The molecule has 0 amide bonds. The van der Waals surface area contributed by atoms with E-state index in [-0.39, 0.29) is 10.8 Å². The zero-order chi connectivity index (χ0) is 8.85. The summed E-state index contributed by atoms with van der Waals surface area (Å²) in [6.45, 7) is 1.68. The van der Waals surface area contributed by atoms with Crippen molar-refractivity contribution >= 4 is 11.6 Å². The van der Waals surface area contributed by atoms with E-state index >= 15 is 0 Å². The van der Waals surface area contributed by atoms with Crippen LogP contribution in [-0.4, -0.2) is 12.2 Å². The summed E-state index contributed by atoms with van der Waals surface area (Å²) in [4.78, 5) is 0. The maximum atomic E-state index is 12.6. The van der Waals surface area contributed by atoms with Crippen LogP contribution in [0, 0.1) is 12.7 Å². The Balaban J connectivity index is 0.000000461. The van der Waals surface area contributed by atoms with Gasteiger partial charge in [0.25, 0.3) is 0 Å². The van der Waals surface area contributed by atoms with Gasteiger partial charge >= 0.3 is 0 Å². The molecule has 0 aliphatic rings. The van der Waals surface area contributed by atoms with E-state index in [9.17, 15) is 4.39 Å². The van der Waals surface area contributed by atoms with Crippen molar-refractivity contribution in [3.63, 3.8) is 0 Å². The molecule has 1 N–H and O–H groups in total. The average molecular weight is 177 g/mol. The van der Waals surface area contributed by atoms with Crippen molar-refractivity contribution in [1.82, 2.24) is 0 Å². The number of aliphatic hydroxyl groups is 1. The molecule has 0 aromatic heterocycles. The second-order valence-electron chi connectivity index (χ2n) is 1.87. The van der Waals surface area contributed by atoms with E-state index in [1.165, 1.54) is 6.07 Å². The van der Waals surface area contributed by atoms with Gasteiger partial charge in [-0.2, -0.15) is 0 Å². The highest BCUT2D eigenvalue weighted by Gasteiger charge is 1.98. The third-order valence-electron chi connectivity index (χ3n) is 1.14. The first-order valence-corrected chi connectivity index (χ1v) is 3.45. The highest BCUT2D eigenvalue weighted by molar-refractivity contribution is 6.30. The summed E-state index contributed by atoms with van der Waals surface area (Å²) in [5, 5.41) is 7.19. The molecule has 0 radical (unpaired) electrons. The third-order valence-corrected chi connectivity index (χ3v) is 1.44. The number of halogens is 2. The van der Waals surface area contributed by atoms with Gasteiger partial charge in [0.2, 0.25) is 0 Å². The lowest BCUT2D eigenvalue weighted by molar-refractivity contribution is 0.399. The third kappa shape index (κ3) is 2.87. The fourth-order valence-corrected chi connectivity index (χ4v) is 0.833. The molecule has 1 nitrogen and oxygen atoms in total. The number of rotatable bonds is 0. The van der Waals surface area contributed by atoms with Crippen LogP contribution in [0.1, 0.15) is 5.56 Å². The predicted molar refractivity (Wildman–Crippen MR) is 44.3 cm³/mol. The Bertz CT molecular complexity index is 205. The average Bonchev–Trinajstić information content (AvgIpc) is 2.04. The molecule has 0 bridgehead atoms. The Morgan fingerprint density at radius 2 is 1.91 bits per heavy atom. The summed E-state index contributed by atoms with van der Waals surface area (Å²) in [5.41, 5.74) is 0.586. The molecule has 0 aliphatic heterocycles. The first kappa shape index (κ1) is 10.4. The van der Waals surface area contributed by atoms with Crippen LogP contribution in [0.15, 0.2) is 18.2 Å². The highest BCUT2D eigenvalue weighted by Crippen LogP contribution is 2.16. The summed E-state index contributed by atoms with van der Waals surface area (Å²) in [5.74, 6) is -0.320. The van der Waals surface area contributed by atoms with Gasteiger partial charge in [-0.3, -0.25) is 0 Å². The van der Waals surface area contributed by atoms with Gasteiger partial charge in [-0.15, -0.1) is 0 Å². The van der Waals surface area contributed by atoms with Crippen molar-refractivity contribution in [1.29, 1.82) is 0 Å². The zero-order valence-electron chi connectivity index (χ0n) is 6.44. The topological polar surface area (TPSA) is 20.2 Å². The van der Waals surface area contributed by atoms with Crippen molar-refractivity contribution < 1.29 is 9.50 Å². The largest absolute Gasteiger partial charge is 0.400 e. The van der Waals surface area contributed by atoms with Crippen LogP contribution in [0.4, 0.5) is 4.39 Å². The number of aliphatic hydroxyl groups excluding tert-OH is 1. The maximum Gasteiger partial charge on any atom is 0.144 e. The molecule has 0 fully saturated rings. The molecule has 0 heterocycles. The molecular weight excluding hydrogens is 167 g/mol. The van der Waals surface area contributed by atoms with Gasteiger partial charge in [0.15, 0.2) is 0 Å². The van der Waals surface area contributed by atoms with E-state index in [0.29, 0.717) is 5.56 Å². The summed E-state index contributed by atoms with van der Waals surface area (Å²) in [6.07, 6.45) is 0. The van der Waals surface area contributed by atoms with Crippen LogP contribution in [0.25, 0.3) is 0 Å². The Labute approximate surface area is 70.4 Å². The molecule has 11 heavy (non-hydrogen) atoms.